The van der Waals surface area contributed by atoms with Crippen LogP contribution in [-0.4, -0.2) is 12.1 Å². The Bertz CT molecular complexity index is 643. The van der Waals surface area contributed by atoms with Crippen molar-refractivity contribution in [2.45, 2.75) is 13.0 Å². The summed E-state index contributed by atoms with van der Waals surface area (Å²) in [4.78, 5) is 0.282. The molecule has 3 N–H and O–H groups in total. The fourth-order valence-corrected chi connectivity index (χ4v) is 2.66. The van der Waals surface area contributed by atoms with Crippen molar-refractivity contribution < 1.29 is 4.74 Å². The minimum Gasteiger partial charge on any atom is -0.497 e. The van der Waals surface area contributed by atoms with E-state index in [1.54, 1.807) is 13.2 Å². The van der Waals surface area contributed by atoms with Crippen LogP contribution in [0.2, 0.25) is 5.02 Å². The minimum atomic E-state index is 0.0856. The zero-order chi connectivity index (χ0) is 15.4. The van der Waals surface area contributed by atoms with E-state index in [-0.39, 0.29) is 11.0 Å². The van der Waals surface area contributed by atoms with Crippen molar-refractivity contribution in [2.75, 3.05) is 12.4 Å². The first-order chi connectivity index (χ1) is 10.0. The molecule has 0 saturated carbocycles. The second-order valence-corrected chi connectivity index (χ2v) is 5.51. The van der Waals surface area contributed by atoms with Crippen molar-refractivity contribution in [3.63, 3.8) is 0 Å². The van der Waals surface area contributed by atoms with Crippen LogP contribution < -0.4 is 15.8 Å². The molecule has 0 aliphatic rings. The first-order valence-electron chi connectivity index (χ1n) is 6.51. The normalized spacial score (nSPS) is 11.8. The Hall–Kier alpha value is -1.78. The Labute approximate surface area is 135 Å². The van der Waals surface area contributed by atoms with E-state index in [9.17, 15) is 0 Å². The molecule has 0 heterocycles. The summed E-state index contributed by atoms with van der Waals surface area (Å²) < 4.78 is 5.16. The van der Waals surface area contributed by atoms with E-state index < -0.39 is 0 Å². The van der Waals surface area contributed by atoms with Gasteiger partial charge in [-0.1, -0.05) is 42.0 Å². The summed E-state index contributed by atoms with van der Waals surface area (Å²) in [6.07, 6.45) is 0. The van der Waals surface area contributed by atoms with Gasteiger partial charge in [0, 0.05) is 11.7 Å². The fourth-order valence-electron chi connectivity index (χ4n) is 2.10. The Kier molecular flexibility index (Phi) is 5.04. The van der Waals surface area contributed by atoms with Gasteiger partial charge in [-0.3, -0.25) is 0 Å². The largest absolute Gasteiger partial charge is 0.497 e. The molecule has 0 aromatic heterocycles. The van der Waals surface area contributed by atoms with Crippen LogP contribution in [0, 0.1) is 0 Å². The topological polar surface area (TPSA) is 47.3 Å². The Morgan fingerprint density at radius 1 is 1.24 bits per heavy atom. The number of thiocarbonyl (C=S) groups is 1. The molecule has 21 heavy (non-hydrogen) atoms. The lowest BCUT2D eigenvalue weighted by Gasteiger charge is -2.19. The Morgan fingerprint density at radius 2 is 1.90 bits per heavy atom. The molecule has 1 atom stereocenters. The summed E-state index contributed by atoms with van der Waals surface area (Å²) in [7, 11) is 1.65. The summed E-state index contributed by atoms with van der Waals surface area (Å²) in [6, 6.07) is 13.5. The molecule has 110 valence electrons. The molecular formula is C16H17ClN2OS. The molecule has 0 fully saturated rings. The van der Waals surface area contributed by atoms with Gasteiger partial charge in [0.25, 0.3) is 0 Å². The van der Waals surface area contributed by atoms with E-state index in [1.807, 2.05) is 36.4 Å². The van der Waals surface area contributed by atoms with Gasteiger partial charge in [0.15, 0.2) is 0 Å². The summed E-state index contributed by atoms with van der Waals surface area (Å²) in [5.41, 5.74) is 8.39. The number of nitrogens with two attached hydrogens (primary N) is 1. The summed E-state index contributed by atoms with van der Waals surface area (Å²) >= 11 is 11.2. The first kappa shape index (κ1) is 15.6. The smallest absolute Gasteiger partial charge is 0.118 e. The maximum Gasteiger partial charge on any atom is 0.118 e. The lowest BCUT2D eigenvalue weighted by atomic mass is 10.1. The van der Waals surface area contributed by atoms with Crippen LogP contribution >= 0.6 is 23.8 Å². The average molecular weight is 321 g/mol. The second-order valence-electron chi connectivity index (χ2n) is 4.67. The number of anilines is 1. The molecule has 0 amide bonds. The van der Waals surface area contributed by atoms with Gasteiger partial charge in [0.1, 0.15) is 10.7 Å². The standard InChI is InChI=1S/C16H17ClN2OS/c1-10(11-6-8-12(20-2)9-7-11)19-14-5-3-4-13(17)15(14)16(18)21/h3-10,19H,1-2H3,(H2,18,21). The molecule has 0 aliphatic heterocycles. The van der Waals surface area contributed by atoms with Gasteiger partial charge in [0.05, 0.1) is 17.7 Å². The van der Waals surface area contributed by atoms with Crippen molar-refractivity contribution in [3.05, 3.63) is 58.6 Å². The highest BCUT2D eigenvalue weighted by molar-refractivity contribution is 7.80. The number of benzene rings is 2. The van der Waals surface area contributed by atoms with Crippen molar-refractivity contribution in [1.82, 2.24) is 0 Å². The highest BCUT2D eigenvalue weighted by Gasteiger charge is 2.12. The predicted molar refractivity (Wildman–Crippen MR) is 92.4 cm³/mol. The van der Waals surface area contributed by atoms with Crippen LogP contribution in [0.1, 0.15) is 24.1 Å². The van der Waals surface area contributed by atoms with Gasteiger partial charge in [-0.15, -0.1) is 0 Å². The number of ether oxygens (including phenoxy) is 1. The van der Waals surface area contributed by atoms with Crippen molar-refractivity contribution >= 4 is 34.5 Å². The van der Waals surface area contributed by atoms with E-state index >= 15 is 0 Å². The molecule has 1 unspecified atom stereocenters. The molecule has 0 spiro atoms. The monoisotopic (exact) mass is 320 g/mol. The Morgan fingerprint density at radius 3 is 2.48 bits per heavy atom. The van der Waals surface area contributed by atoms with Crippen molar-refractivity contribution in [2.24, 2.45) is 5.73 Å². The second kappa shape index (κ2) is 6.78. The number of hydrogen-bond donors (Lipinski definition) is 2. The number of methoxy groups -OCH3 is 1. The quantitative estimate of drug-likeness (QED) is 0.812. The molecule has 3 nitrogen and oxygen atoms in total. The minimum absolute atomic E-state index is 0.0856. The highest BCUT2D eigenvalue weighted by atomic mass is 35.5. The highest BCUT2D eigenvalue weighted by Crippen LogP contribution is 2.28. The van der Waals surface area contributed by atoms with Crippen molar-refractivity contribution in [3.8, 4) is 5.75 Å². The fraction of sp³-hybridized carbons (Fsp3) is 0.188. The van der Waals surface area contributed by atoms with Crippen LogP contribution in [-0.2, 0) is 0 Å². The Balaban J connectivity index is 2.24. The predicted octanol–water partition coefficient (Wildman–Crippen LogP) is 4.16. The van der Waals surface area contributed by atoms with Gasteiger partial charge in [-0.2, -0.15) is 0 Å². The molecule has 5 heteroatoms. The molecule has 0 saturated heterocycles. The maximum absolute atomic E-state index is 6.17. The SMILES string of the molecule is COc1ccc(C(C)Nc2cccc(Cl)c2C(N)=S)cc1. The molecule has 2 aromatic rings. The van der Waals surface area contributed by atoms with Gasteiger partial charge >= 0.3 is 0 Å². The zero-order valence-electron chi connectivity index (χ0n) is 11.9. The third kappa shape index (κ3) is 3.65. The van der Waals surface area contributed by atoms with Gasteiger partial charge in [-0.25, -0.2) is 0 Å². The average Bonchev–Trinajstić information content (AvgIpc) is 2.47. The van der Waals surface area contributed by atoms with E-state index in [4.69, 9.17) is 34.3 Å². The van der Waals surface area contributed by atoms with Crippen LogP contribution in [0.25, 0.3) is 0 Å². The molecular weight excluding hydrogens is 304 g/mol. The number of halogens is 1. The summed E-state index contributed by atoms with van der Waals surface area (Å²) in [5, 5.41) is 3.94. The van der Waals surface area contributed by atoms with Crippen LogP contribution in [0.3, 0.4) is 0 Å². The third-order valence-corrected chi connectivity index (χ3v) is 3.77. The number of hydrogen-bond acceptors (Lipinski definition) is 3. The maximum atomic E-state index is 6.17. The van der Waals surface area contributed by atoms with E-state index in [1.165, 1.54) is 0 Å². The first-order valence-corrected chi connectivity index (χ1v) is 7.30. The summed E-state index contributed by atoms with van der Waals surface area (Å²) in [5.74, 6) is 0.831. The van der Waals surface area contributed by atoms with Gasteiger partial charge < -0.3 is 15.8 Å². The number of nitrogens with one attached hydrogen (secondary N) is 1. The third-order valence-electron chi connectivity index (χ3n) is 3.25. The van der Waals surface area contributed by atoms with Gasteiger partial charge in [0.2, 0.25) is 0 Å². The van der Waals surface area contributed by atoms with E-state index in [2.05, 4.69) is 12.2 Å². The zero-order valence-corrected chi connectivity index (χ0v) is 13.5. The van der Waals surface area contributed by atoms with E-state index in [0.29, 0.717) is 10.6 Å². The van der Waals surface area contributed by atoms with Crippen LogP contribution in [0.15, 0.2) is 42.5 Å². The lowest BCUT2D eigenvalue weighted by molar-refractivity contribution is 0.414. The molecule has 2 rings (SSSR count). The number of rotatable bonds is 5. The molecule has 0 bridgehead atoms. The van der Waals surface area contributed by atoms with Crippen LogP contribution in [0.5, 0.6) is 5.75 Å². The molecule has 0 aliphatic carbocycles. The summed E-state index contributed by atoms with van der Waals surface area (Å²) in [6.45, 7) is 2.06. The van der Waals surface area contributed by atoms with Crippen molar-refractivity contribution in [1.29, 1.82) is 0 Å². The lowest BCUT2D eigenvalue weighted by Crippen LogP contribution is -2.15. The van der Waals surface area contributed by atoms with Crippen LogP contribution in [0.4, 0.5) is 5.69 Å². The van der Waals surface area contributed by atoms with E-state index in [0.717, 1.165) is 17.0 Å². The molecule has 0 radical (unpaired) electrons. The van der Waals surface area contributed by atoms with Gasteiger partial charge in [-0.05, 0) is 36.8 Å². The molecule has 2 aromatic carbocycles.